The molecule has 0 fully saturated rings. The van der Waals surface area contributed by atoms with E-state index in [0.717, 1.165) is 6.42 Å². The maximum absolute atomic E-state index is 10.8. The van der Waals surface area contributed by atoms with Gasteiger partial charge >= 0.3 is 0 Å². The highest BCUT2D eigenvalue weighted by molar-refractivity contribution is 5.75. The molecular formula is C14H18O. The molecular weight excluding hydrogens is 184 g/mol. The Balaban J connectivity index is 2.41. The van der Waals surface area contributed by atoms with Crippen molar-refractivity contribution in [1.29, 1.82) is 0 Å². The third-order valence-corrected chi connectivity index (χ3v) is 2.37. The van der Waals surface area contributed by atoms with Gasteiger partial charge in [-0.2, -0.15) is 0 Å². The van der Waals surface area contributed by atoms with Gasteiger partial charge in [-0.05, 0) is 24.8 Å². The Morgan fingerprint density at radius 2 is 2.00 bits per heavy atom. The first-order valence-electron chi connectivity index (χ1n) is 5.41. The summed E-state index contributed by atoms with van der Waals surface area (Å²) < 4.78 is 0. The van der Waals surface area contributed by atoms with Gasteiger partial charge in [-0.3, -0.25) is 0 Å². The number of rotatable bonds is 5. The van der Waals surface area contributed by atoms with Crippen LogP contribution < -0.4 is 0 Å². The highest BCUT2D eigenvalue weighted by atomic mass is 16.1. The molecule has 1 rings (SSSR count). The second-order valence-corrected chi connectivity index (χ2v) is 3.99. The first-order valence-corrected chi connectivity index (χ1v) is 5.41. The lowest BCUT2D eigenvalue weighted by molar-refractivity contribution is -0.117. The van der Waals surface area contributed by atoms with E-state index in [4.69, 9.17) is 0 Å². The Bertz CT molecular complexity index is 324. The van der Waals surface area contributed by atoms with Crippen molar-refractivity contribution in [2.45, 2.75) is 26.7 Å². The first kappa shape index (κ1) is 11.7. The van der Waals surface area contributed by atoms with Crippen LogP contribution in [0.5, 0.6) is 0 Å². The number of allylic oxidation sites excluding steroid dienone is 1. The number of carbonyl (C=O) groups is 1. The summed E-state index contributed by atoms with van der Waals surface area (Å²) in [5.41, 5.74) is 1.21. The molecule has 0 aliphatic rings. The predicted octanol–water partition coefficient (Wildman–Crippen LogP) is 3.71. The highest BCUT2D eigenvalue weighted by Crippen LogP contribution is 2.10. The van der Waals surface area contributed by atoms with Gasteiger partial charge in [0, 0.05) is 6.42 Å². The van der Waals surface area contributed by atoms with Crippen LogP contribution >= 0.6 is 0 Å². The second kappa shape index (κ2) is 6.18. The van der Waals surface area contributed by atoms with Gasteiger partial charge in [0.1, 0.15) is 5.78 Å². The molecule has 1 aromatic carbocycles. The Morgan fingerprint density at radius 1 is 1.33 bits per heavy atom. The maximum Gasteiger partial charge on any atom is 0.129 e. The molecule has 1 nitrogen and oxygen atoms in total. The molecule has 0 saturated carbocycles. The monoisotopic (exact) mass is 202 g/mol. The summed E-state index contributed by atoms with van der Waals surface area (Å²) in [7, 11) is 0. The van der Waals surface area contributed by atoms with Gasteiger partial charge in [0.2, 0.25) is 0 Å². The van der Waals surface area contributed by atoms with Crippen LogP contribution in [0.15, 0.2) is 36.4 Å². The fourth-order valence-corrected chi connectivity index (χ4v) is 1.37. The van der Waals surface area contributed by atoms with Crippen molar-refractivity contribution in [3.63, 3.8) is 0 Å². The van der Waals surface area contributed by atoms with E-state index in [1.807, 2.05) is 18.2 Å². The van der Waals surface area contributed by atoms with E-state index in [-0.39, 0.29) is 5.78 Å². The van der Waals surface area contributed by atoms with Crippen LogP contribution in [0.4, 0.5) is 0 Å². The molecule has 0 radical (unpaired) electrons. The van der Waals surface area contributed by atoms with E-state index in [2.05, 4.69) is 31.2 Å². The van der Waals surface area contributed by atoms with Gasteiger partial charge < -0.3 is 4.79 Å². The molecule has 0 unspecified atom stereocenters. The highest BCUT2D eigenvalue weighted by Gasteiger charge is 1.99. The maximum atomic E-state index is 10.8. The molecule has 0 aliphatic heterocycles. The van der Waals surface area contributed by atoms with Crippen molar-refractivity contribution in [3.05, 3.63) is 42.0 Å². The Morgan fingerprint density at radius 3 is 2.60 bits per heavy atom. The molecule has 0 amide bonds. The number of benzene rings is 1. The number of hydrogen-bond acceptors (Lipinski definition) is 1. The lowest BCUT2D eigenvalue weighted by Crippen LogP contribution is -1.95. The third kappa shape index (κ3) is 5.16. The molecule has 80 valence electrons. The summed E-state index contributed by atoms with van der Waals surface area (Å²) in [5, 5.41) is 0. The summed E-state index contributed by atoms with van der Waals surface area (Å²) in [6, 6.07) is 10.2. The van der Waals surface area contributed by atoms with Crippen LogP contribution in [0.1, 0.15) is 32.3 Å². The van der Waals surface area contributed by atoms with Crippen molar-refractivity contribution >= 4 is 11.9 Å². The van der Waals surface area contributed by atoms with Gasteiger partial charge in [0.15, 0.2) is 0 Å². The van der Waals surface area contributed by atoms with Gasteiger partial charge in [0.05, 0.1) is 0 Å². The van der Waals surface area contributed by atoms with E-state index >= 15 is 0 Å². The molecule has 0 saturated heterocycles. The van der Waals surface area contributed by atoms with Crippen molar-refractivity contribution < 1.29 is 4.79 Å². The van der Waals surface area contributed by atoms with Crippen molar-refractivity contribution in [2.75, 3.05) is 0 Å². The Labute approximate surface area is 91.8 Å². The molecule has 0 heterocycles. The molecule has 0 bridgehead atoms. The fraction of sp³-hybridized carbons (Fsp3) is 0.357. The van der Waals surface area contributed by atoms with Crippen LogP contribution in [0, 0.1) is 5.92 Å². The minimum atomic E-state index is 0.273. The minimum absolute atomic E-state index is 0.273. The average molecular weight is 202 g/mol. The summed E-state index contributed by atoms with van der Waals surface area (Å²) >= 11 is 0. The largest absolute Gasteiger partial charge is 0.300 e. The van der Waals surface area contributed by atoms with Crippen molar-refractivity contribution in [3.8, 4) is 0 Å². The molecule has 1 heteroatoms. The van der Waals surface area contributed by atoms with Crippen molar-refractivity contribution in [2.24, 2.45) is 5.92 Å². The van der Waals surface area contributed by atoms with Gasteiger partial charge in [-0.15, -0.1) is 0 Å². The number of ketones is 1. The van der Waals surface area contributed by atoms with Gasteiger partial charge in [0.25, 0.3) is 0 Å². The predicted molar refractivity (Wildman–Crippen MR) is 64.6 cm³/mol. The van der Waals surface area contributed by atoms with Gasteiger partial charge in [-0.1, -0.05) is 49.4 Å². The molecule has 0 spiro atoms. The van der Waals surface area contributed by atoms with Crippen molar-refractivity contribution in [1.82, 2.24) is 0 Å². The Kier molecular flexibility index (Phi) is 4.82. The fourth-order valence-electron chi connectivity index (χ4n) is 1.37. The summed E-state index contributed by atoms with van der Waals surface area (Å²) in [5.74, 6) is 0.740. The minimum Gasteiger partial charge on any atom is -0.300 e. The van der Waals surface area contributed by atoms with Crippen LogP contribution in [-0.2, 0) is 4.79 Å². The lowest BCUT2D eigenvalue weighted by Gasteiger charge is -2.03. The number of carbonyl (C=O) groups excluding carboxylic acids is 1. The molecule has 0 N–H and O–H groups in total. The van der Waals surface area contributed by atoms with E-state index in [1.165, 1.54) is 5.56 Å². The van der Waals surface area contributed by atoms with Crippen LogP contribution in [-0.4, -0.2) is 5.78 Å². The molecule has 1 atom stereocenters. The smallest absolute Gasteiger partial charge is 0.129 e. The molecule has 0 aliphatic carbocycles. The summed E-state index contributed by atoms with van der Waals surface area (Å²) in [6.07, 6.45) is 5.90. The summed E-state index contributed by atoms with van der Waals surface area (Å²) in [6.45, 7) is 3.79. The summed E-state index contributed by atoms with van der Waals surface area (Å²) in [4.78, 5) is 10.8. The standard InChI is InChI=1S/C14H18O/c1-12(8-10-13(2)15)9-11-14-6-4-3-5-7-14/h3-7,9,11-12H,8,10H2,1-2H3/b11-9+/t12-/m0/s1. The topological polar surface area (TPSA) is 17.1 Å². The van der Waals surface area contributed by atoms with E-state index < -0.39 is 0 Å². The van der Waals surface area contributed by atoms with E-state index in [1.54, 1.807) is 6.92 Å². The average Bonchev–Trinajstić information content (AvgIpc) is 2.25. The van der Waals surface area contributed by atoms with Gasteiger partial charge in [-0.25, -0.2) is 0 Å². The lowest BCUT2D eigenvalue weighted by atomic mass is 10.0. The zero-order valence-electron chi connectivity index (χ0n) is 9.44. The van der Waals surface area contributed by atoms with Crippen LogP contribution in [0.2, 0.25) is 0 Å². The number of hydrogen-bond donors (Lipinski definition) is 0. The zero-order chi connectivity index (χ0) is 11.1. The SMILES string of the molecule is CC(=O)CC[C@H](C)/C=C/c1ccccc1. The third-order valence-electron chi connectivity index (χ3n) is 2.37. The molecule has 1 aromatic rings. The zero-order valence-corrected chi connectivity index (χ0v) is 9.44. The Hall–Kier alpha value is -1.37. The van der Waals surface area contributed by atoms with E-state index in [9.17, 15) is 4.79 Å². The normalized spacial score (nSPS) is 12.9. The second-order valence-electron chi connectivity index (χ2n) is 3.99. The van der Waals surface area contributed by atoms with E-state index in [0.29, 0.717) is 12.3 Å². The first-order chi connectivity index (χ1) is 7.18. The van der Waals surface area contributed by atoms with Crippen LogP contribution in [0.3, 0.4) is 0 Å². The number of Topliss-reactive ketones (excluding diaryl/α,β-unsaturated/α-hetero) is 1. The molecule has 0 aromatic heterocycles. The van der Waals surface area contributed by atoms with Crippen LogP contribution in [0.25, 0.3) is 6.08 Å². The quantitative estimate of drug-likeness (QED) is 0.711. The molecule has 15 heavy (non-hydrogen) atoms.